The van der Waals surface area contributed by atoms with E-state index in [9.17, 15) is 20.0 Å². The lowest BCUT2D eigenvalue weighted by atomic mass is 9.75. The molecule has 2 saturated heterocycles. The number of nitro benzene ring substituents is 1. The summed E-state index contributed by atoms with van der Waals surface area (Å²) in [5.41, 5.74) is 7.97. The molecule has 2 aliphatic rings. The number of nitrogens with one attached hydrogen (secondary N) is 3. The number of fused-ring (bicyclic) bond motifs is 1. The van der Waals surface area contributed by atoms with Crippen LogP contribution in [0.15, 0.2) is 48.5 Å². The van der Waals surface area contributed by atoms with Crippen molar-refractivity contribution in [3.8, 4) is 5.75 Å². The molecule has 2 aromatic carbocycles. The first-order valence-corrected chi connectivity index (χ1v) is 9.95. The van der Waals surface area contributed by atoms with Gasteiger partial charge in [0, 0.05) is 24.1 Å². The van der Waals surface area contributed by atoms with Gasteiger partial charge in [0.25, 0.3) is 5.69 Å². The lowest BCUT2D eigenvalue weighted by molar-refractivity contribution is -0.384. The molecule has 158 valence electrons. The van der Waals surface area contributed by atoms with Gasteiger partial charge in [-0.05, 0) is 36.6 Å². The number of hydrogen-bond acceptors (Lipinski definition) is 7. The van der Waals surface area contributed by atoms with Gasteiger partial charge in [0.05, 0.1) is 29.7 Å². The van der Waals surface area contributed by atoms with Crippen LogP contribution in [-0.4, -0.2) is 28.8 Å². The molecule has 9 nitrogen and oxygen atoms in total. The van der Waals surface area contributed by atoms with E-state index in [0.717, 1.165) is 11.3 Å². The zero-order chi connectivity index (χ0) is 21.3. The minimum absolute atomic E-state index is 0.0133. The summed E-state index contributed by atoms with van der Waals surface area (Å²) in [6, 6.07) is 13.5. The summed E-state index contributed by atoms with van der Waals surface area (Å²) in [5.74, 6) is -1.03. The number of nitrogens with zero attached hydrogens (tertiary/aromatic N) is 1. The molecule has 0 aliphatic carbocycles. The maximum Gasteiger partial charge on any atom is 0.307 e. The Morgan fingerprint density at radius 3 is 2.63 bits per heavy atom. The zero-order valence-corrected chi connectivity index (χ0v) is 16.4. The van der Waals surface area contributed by atoms with Crippen LogP contribution in [0.3, 0.4) is 0 Å². The topological polar surface area (TPSA) is 126 Å². The third-order valence-corrected chi connectivity index (χ3v) is 5.85. The molecule has 9 heteroatoms. The molecule has 4 N–H and O–H groups in total. The van der Waals surface area contributed by atoms with Crippen LogP contribution in [0, 0.1) is 22.0 Å². The van der Waals surface area contributed by atoms with Crippen LogP contribution in [0.4, 0.5) is 5.69 Å². The van der Waals surface area contributed by atoms with Crippen LogP contribution in [-0.2, 0) is 4.79 Å². The molecule has 0 amide bonds. The predicted octanol–water partition coefficient (Wildman–Crippen LogP) is 2.52. The van der Waals surface area contributed by atoms with E-state index in [4.69, 9.17) is 4.74 Å². The maximum absolute atomic E-state index is 12.2. The van der Waals surface area contributed by atoms with Gasteiger partial charge in [-0.2, -0.15) is 0 Å². The molecular formula is C21H24N4O5. The fourth-order valence-corrected chi connectivity index (χ4v) is 4.48. The third kappa shape index (κ3) is 3.87. The highest BCUT2D eigenvalue weighted by Crippen LogP contribution is 2.42. The molecule has 0 aromatic heterocycles. The summed E-state index contributed by atoms with van der Waals surface area (Å²) < 4.78 is 5.48. The van der Waals surface area contributed by atoms with Crippen molar-refractivity contribution < 1.29 is 19.6 Å². The number of non-ortho nitro benzene ring substituents is 1. The molecule has 2 aliphatic heterocycles. The van der Waals surface area contributed by atoms with E-state index in [1.165, 1.54) is 12.1 Å². The average molecular weight is 412 g/mol. The average Bonchev–Trinajstić information content (AvgIpc) is 3.18. The summed E-state index contributed by atoms with van der Waals surface area (Å²) in [5, 5.41) is 24.6. The Morgan fingerprint density at radius 1 is 1.20 bits per heavy atom. The Morgan fingerprint density at radius 2 is 1.97 bits per heavy atom. The van der Waals surface area contributed by atoms with Gasteiger partial charge in [0.15, 0.2) is 0 Å². The van der Waals surface area contributed by atoms with E-state index in [2.05, 4.69) is 16.2 Å². The van der Waals surface area contributed by atoms with E-state index in [1.807, 2.05) is 31.2 Å². The number of carbonyl (C=O) groups is 1. The molecule has 0 bridgehead atoms. The molecule has 5 atom stereocenters. The second-order valence-electron chi connectivity index (χ2n) is 7.58. The fraction of sp³-hybridized carbons (Fsp3) is 0.381. The third-order valence-electron chi connectivity index (χ3n) is 5.85. The summed E-state index contributed by atoms with van der Waals surface area (Å²) in [6.45, 7) is 2.51. The number of rotatable bonds is 6. The van der Waals surface area contributed by atoms with Gasteiger partial charge in [0.1, 0.15) is 5.75 Å². The lowest BCUT2D eigenvalue weighted by Gasteiger charge is -2.39. The Bertz CT molecular complexity index is 935. The van der Waals surface area contributed by atoms with E-state index in [1.54, 1.807) is 12.1 Å². The van der Waals surface area contributed by atoms with Crippen molar-refractivity contribution in [2.24, 2.45) is 11.8 Å². The van der Waals surface area contributed by atoms with Crippen molar-refractivity contribution in [3.05, 3.63) is 69.8 Å². The van der Waals surface area contributed by atoms with Crippen molar-refractivity contribution in [3.63, 3.8) is 0 Å². The second-order valence-corrected chi connectivity index (χ2v) is 7.58. The van der Waals surface area contributed by atoms with Gasteiger partial charge in [-0.25, -0.2) is 10.9 Å². The van der Waals surface area contributed by atoms with E-state index < -0.39 is 16.8 Å². The minimum atomic E-state index is -0.872. The number of piperidine rings is 1. The number of ether oxygens (including phenoxy) is 1. The molecule has 0 spiro atoms. The van der Waals surface area contributed by atoms with Crippen LogP contribution in [0.1, 0.15) is 36.6 Å². The SMILES string of the molecule is CCOc1ccc(C2CC(C(=O)O)C3C(NNC3c3cccc([N+](=O)[O-])c3)N2)cc1. The fourth-order valence-electron chi connectivity index (χ4n) is 4.48. The summed E-state index contributed by atoms with van der Waals surface area (Å²) >= 11 is 0. The summed E-state index contributed by atoms with van der Waals surface area (Å²) in [4.78, 5) is 22.9. The molecule has 4 rings (SSSR count). The highest BCUT2D eigenvalue weighted by atomic mass is 16.6. The van der Waals surface area contributed by atoms with Crippen molar-refractivity contribution in [2.45, 2.75) is 31.6 Å². The van der Waals surface area contributed by atoms with Gasteiger partial charge >= 0.3 is 5.97 Å². The number of benzene rings is 2. The summed E-state index contributed by atoms with van der Waals surface area (Å²) in [6.07, 6.45) is 0.125. The van der Waals surface area contributed by atoms with Crippen molar-refractivity contribution in [2.75, 3.05) is 6.61 Å². The van der Waals surface area contributed by atoms with Crippen molar-refractivity contribution in [1.29, 1.82) is 0 Å². The highest BCUT2D eigenvalue weighted by molar-refractivity contribution is 5.71. The molecule has 5 unspecified atom stereocenters. The minimum Gasteiger partial charge on any atom is -0.494 e. The van der Waals surface area contributed by atoms with Crippen LogP contribution < -0.4 is 20.9 Å². The van der Waals surface area contributed by atoms with Crippen molar-refractivity contribution in [1.82, 2.24) is 16.2 Å². The standard InChI is InChI=1S/C21H24N4O5/c1-2-30-15-8-6-12(7-9-15)17-11-16(21(26)27)18-19(23-24-20(18)22-17)13-4-3-5-14(10-13)25(28)29/h3-10,16-20,22-24H,2,11H2,1H3,(H,26,27). The molecule has 2 aromatic rings. The zero-order valence-electron chi connectivity index (χ0n) is 16.4. The number of hydrazine groups is 1. The van der Waals surface area contributed by atoms with Crippen LogP contribution in [0.5, 0.6) is 5.75 Å². The largest absolute Gasteiger partial charge is 0.494 e. The number of aliphatic carboxylic acids is 1. The monoisotopic (exact) mass is 412 g/mol. The van der Waals surface area contributed by atoms with E-state index in [0.29, 0.717) is 18.6 Å². The Hall–Kier alpha value is -3.01. The Balaban J connectivity index is 1.58. The Kier molecular flexibility index (Phi) is 5.67. The molecule has 2 heterocycles. The molecule has 2 fully saturated rings. The van der Waals surface area contributed by atoms with Gasteiger partial charge in [-0.1, -0.05) is 24.3 Å². The number of carboxylic acids is 1. The maximum atomic E-state index is 12.2. The molecule has 0 saturated carbocycles. The van der Waals surface area contributed by atoms with Crippen molar-refractivity contribution >= 4 is 11.7 Å². The van der Waals surface area contributed by atoms with Crippen LogP contribution in [0.25, 0.3) is 0 Å². The number of hydrogen-bond donors (Lipinski definition) is 4. The first-order chi connectivity index (χ1) is 14.5. The first kappa shape index (κ1) is 20.3. The lowest BCUT2D eigenvalue weighted by Crippen LogP contribution is -2.53. The van der Waals surface area contributed by atoms with E-state index >= 15 is 0 Å². The molecule has 30 heavy (non-hydrogen) atoms. The van der Waals surface area contributed by atoms with Gasteiger partial charge in [-0.15, -0.1) is 0 Å². The second kappa shape index (κ2) is 8.39. The smallest absolute Gasteiger partial charge is 0.307 e. The first-order valence-electron chi connectivity index (χ1n) is 9.95. The van der Waals surface area contributed by atoms with Gasteiger partial charge in [0.2, 0.25) is 0 Å². The Labute approximate surface area is 173 Å². The quantitative estimate of drug-likeness (QED) is 0.421. The highest BCUT2D eigenvalue weighted by Gasteiger charge is 2.49. The van der Waals surface area contributed by atoms with Crippen LogP contribution >= 0.6 is 0 Å². The van der Waals surface area contributed by atoms with Crippen LogP contribution in [0.2, 0.25) is 0 Å². The van der Waals surface area contributed by atoms with Gasteiger partial charge < -0.3 is 9.84 Å². The number of carboxylic acid groups (broad SMARTS) is 1. The number of nitro groups is 1. The molecule has 0 radical (unpaired) electrons. The van der Waals surface area contributed by atoms with E-state index in [-0.39, 0.29) is 29.9 Å². The van der Waals surface area contributed by atoms with Gasteiger partial charge in [-0.3, -0.25) is 20.2 Å². The predicted molar refractivity (Wildman–Crippen MR) is 109 cm³/mol. The molecular weight excluding hydrogens is 388 g/mol. The summed E-state index contributed by atoms with van der Waals surface area (Å²) in [7, 11) is 0. The normalized spacial score (nSPS) is 28.0.